The number of benzene rings is 1. The monoisotopic (exact) mass is 448 g/mol. The number of anilines is 1. The number of carbonyl (C=O) groups excluding carboxylic acids is 1. The molecular weight excluding hydrogens is 424 g/mol. The highest BCUT2D eigenvalue weighted by Crippen LogP contribution is 2.34. The number of nitrogens with zero attached hydrogens (tertiary/aromatic N) is 3. The molecule has 8 heteroatoms. The van der Waals surface area contributed by atoms with E-state index in [1.165, 1.54) is 15.9 Å². The van der Waals surface area contributed by atoms with Crippen molar-refractivity contribution in [2.75, 3.05) is 5.32 Å². The van der Waals surface area contributed by atoms with Crippen LogP contribution in [0.15, 0.2) is 35.1 Å². The summed E-state index contributed by atoms with van der Waals surface area (Å²) in [6, 6.07) is 9.59. The number of rotatable bonds is 3. The summed E-state index contributed by atoms with van der Waals surface area (Å²) in [7, 11) is 0. The molecular formula is C24H24N4O3S. The van der Waals surface area contributed by atoms with Crippen LogP contribution < -0.4 is 10.9 Å². The van der Waals surface area contributed by atoms with Gasteiger partial charge in [-0.15, -0.1) is 11.3 Å². The first kappa shape index (κ1) is 20.8. The van der Waals surface area contributed by atoms with Gasteiger partial charge in [-0.1, -0.05) is 17.7 Å². The SMILES string of the molecule is Cc1ccc(NC(=O)Cn2c(C)nc3c(sc4nc5c(cc43)COC(C)(C)C5)c2=O)cc1. The minimum Gasteiger partial charge on any atom is -0.370 e. The van der Waals surface area contributed by atoms with Crippen molar-refractivity contribution in [3.8, 4) is 0 Å². The number of hydrogen-bond donors (Lipinski definition) is 1. The van der Waals surface area contributed by atoms with Crippen LogP contribution in [-0.4, -0.2) is 26.0 Å². The van der Waals surface area contributed by atoms with Gasteiger partial charge in [0.15, 0.2) is 0 Å². The third-order valence-corrected chi connectivity index (χ3v) is 6.85. The smallest absolute Gasteiger partial charge is 0.272 e. The van der Waals surface area contributed by atoms with Crippen LogP contribution >= 0.6 is 11.3 Å². The van der Waals surface area contributed by atoms with E-state index in [1.807, 2.05) is 37.3 Å². The predicted molar refractivity (Wildman–Crippen MR) is 126 cm³/mol. The maximum atomic E-state index is 13.3. The van der Waals surface area contributed by atoms with Crippen LogP contribution in [0.25, 0.3) is 20.4 Å². The average molecular weight is 449 g/mol. The third-order valence-electron chi connectivity index (χ3n) is 5.78. The molecule has 0 saturated heterocycles. The van der Waals surface area contributed by atoms with Crippen molar-refractivity contribution < 1.29 is 9.53 Å². The first-order chi connectivity index (χ1) is 15.2. The second kappa shape index (κ2) is 7.50. The van der Waals surface area contributed by atoms with E-state index in [0.29, 0.717) is 28.3 Å². The van der Waals surface area contributed by atoms with Crippen LogP contribution in [0.3, 0.4) is 0 Å². The highest BCUT2D eigenvalue weighted by molar-refractivity contribution is 7.25. The van der Waals surface area contributed by atoms with Crippen LogP contribution in [0.5, 0.6) is 0 Å². The fourth-order valence-corrected chi connectivity index (χ4v) is 5.07. The number of aromatic nitrogens is 3. The molecule has 0 spiro atoms. The molecule has 0 radical (unpaired) electrons. The summed E-state index contributed by atoms with van der Waals surface area (Å²) in [5.74, 6) is 0.227. The van der Waals surface area contributed by atoms with Crippen LogP contribution in [0.4, 0.5) is 5.69 Å². The van der Waals surface area contributed by atoms with Gasteiger partial charge < -0.3 is 10.1 Å². The Balaban J connectivity index is 1.52. The van der Waals surface area contributed by atoms with E-state index in [2.05, 4.69) is 24.1 Å². The molecule has 0 aliphatic carbocycles. The van der Waals surface area contributed by atoms with Gasteiger partial charge in [0, 0.05) is 23.1 Å². The topological polar surface area (TPSA) is 86.1 Å². The van der Waals surface area contributed by atoms with E-state index >= 15 is 0 Å². The maximum Gasteiger partial charge on any atom is 0.272 e. The fraction of sp³-hybridized carbons (Fsp3) is 0.333. The van der Waals surface area contributed by atoms with Crippen molar-refractivity contribution in [1.29, 1.82) is 0 Å². The summed E-state index contributed by atoms with van der Waals surface area (Å²) in [5.41, 5.74) is 4.03. The van der Waals surface area contributed by atoms with Gasteiger partial charge in [0.2, 0.25) is 5.91 Å². The summed E-state index contributed by atoms with van der Waals surface area (Å²) in [4.78, 5) is 36.2. The van der Waals surface area contributed by atoms with E-state index in [9.17, 15) is 9.59 Å². The van der Waals surface area contributed by atoms with Gasteiger partial charge in [-0.25, -0.2) is 9.97 Å². The van der Waals surface area contributed by atoms with E-state index < -0.39 is 0 Å². The second-order valence-corrected chi connectivity index (χ2v) is 9.92. The molecule has 3 aromatic heterocycles. The number of pyridine rings is 1. The molecule has 4 aromatic rings. The summed E-state index contributed by atoms with van der Waals surface area (Å²) < 4.78 is 7.87. The number of thiophene rings is 1. The molecule has 0 bridgehead atoms. The fourth-order valence-electron chi connectivity index (χ4n) is 4.01. The van der Waals surface area contributed by atoms with E-state index in [-0.39, 0.29) is 23.6 Å². The number of aryl methyl sites for hydroxylation is 2. The van der Waals surface area contributed by atoms with Gasteiger partial charge in [0.25, 0.3) is 5.56 Å². The molecule has 4 heterocycles. The minimum atomic E-state index is -0.269. The van der Waals surface area contributed by atoms with Crippen molar-refractivity contribution in [1.82, 2.24) is 14.5 Å². The number of carbonyl (C=O) groups is 1. The number of ether oxygens (including phenoxy) is 1. The Bertz CT molecular complexity index is 1430. The first-order valence-corrected chi connectivity index (χ1v) is 11.3. The van der Waals surface area contributed by atoms with Crippen molar-refractivity contribution in [3.05, 3.63) is 63.3 Å². The van der Waals surface area contributed by atoms with Gasteiger partial charge in [-0.2, -0.15) is 0 Å². The van der Waals surface area contributed by atoms with E-state index in [0.717, 1.165) is 33.5 Å². The number of hydrogen-bond acceptors (Lipinski definition) is 6. The predicted octanol–water partition coefficient (Wildman–Crippen LogP) is 4.11. The molecule has 32 heavy (non-hydrogen) atoms. The molecule has 5 rings (SSSR count). The highest BCUT2D eigenvalue weighted by Gasteiger charge is 2.28. The van der Waals surface area contributed by atoms with E-state index in [1.54, 1.807) is 6.92 Å². The molecule has 1 aromatic carbocycles. The number of nitrogens with one attached hydrogen (secondary N) is 1. The molecule has 0 fully saturated rings. The minimum absolute atomic E-state index is 0.0955. The Kier molecular flexibility index (Phi) is 4.87. The lowest BCUT2D eigenvalue weighted by molar-refractivity contribution is -0.116. The van der Waals surface area contributed by atoms with Gasteiger partial charge in [-0.3, -0.25) is 14.2 Å². The lowest BCUT2D eigenvalue weighted by Crippen LogP contribution is -2.32. The number of amides is 1. The largest absolute Gasteiger partial charge is 0.370 e. The van der Waals surface area contributed by atoms with Gasteiger partial charge in [0.1, 0.15) is 21.9 Å². The highest BCUT2D eigenvalue weighted by atomic mass is 32.1. The van der Waals surface area contributed by atoms with Gasteiger partial charge in [0.05, 0.1) is 23.4 Å². The van der Waals surface area contributed by atoms with Crippen molar-refractivity contribution in [3.63, 3.8) is 0 Å². The molecule has 1 aliphatic rings. The third kappa shape index (κ3) is 3.69. The van der Waals surface area contributed by atoms with Crippen molar-refractivity contribution in [2.45, 2.75) is 52.9 Å². The van der Waals surface area contributed by atoms with E-state index in [4.69, 9.17) is 9.72 Å². The zero-order valence-electron chi connectivity index (χ0n) is 18.5. The van der Waals surface area contributed by atoms with Crippen LogP contribution in [0.2, 0.25) is 0 Å². The molecule has 1 amide bonds. The van der Waals surface area contributed by atoms with Crippen molar-refractivity contribution >= 4 is 43.4 Å². The molecule has 0 atom stereocenters. The van der Waals surface area contributed by atoms with Crippen LogP contribution in [0.1, 0.15) is 36.5 Å². The average Bonchev–Trinajstić information content (AvgIpc) is 3.08. The molecule has 1 aliphatic heterocycles. The van der Waals surface area contributed by atoms with Gasteiger partial charge in [-0.05, 0) is 45.9 Å². The molecule has 1 N–H and O–H groups in total. The number of fused-ring (bicyclic) bond motifs is 4. The normalized spacial score (nSPS) is 15.1. The molecule has 7 nitrogen and oxygen atoms in total. The summed E-state index contributed by atoms with van der Waals surface area (Å²) in [6.45, 7) is 8.25. The quantitative estimate of drug-likeness (QED) is 0.510. The second-order valence-electron chi connectivity index (χ2n) is 8.92. The molecule has 0 saturated carbocycles. The Hall–Kier alpha value is -3.10. The van der Waals surface area contributed by atoms with Crippen LogP contribution in [0, 0.1) is 13.8 Å². The van der Waals surface area contributed by atoms with Crippen LogP contribution in [-0.2, 0) is 29.1 Å². The molecule has 164 valence electrons. The lowest BCUT2D eigenvalue weighted by atomic mass is 9.95. The van der Waals surface area contributed by atoms with Gasteiger partial charge >= 0.3 is 0 Å². The summed E-state index contributed by atoms with van der Waals surface area (Å²) in [6.07, 6.45) is 0.725. The Labute approximate surface area is 189 Å². The zero-order valence-corrected chi connectivity index (χ0v) is 19.3. The lowest BCUT2D eigenvalue weighted by Gasteiger charge is -2.30. The maximum absolute atomic E-state index is 13.3. The first-order valence-electron chi connectivity index (χ1n) is 10.5. The Morgan fingerprint density at radius 2 is 1.97 bits per heavy atom. The summed E-state index contributed by atoms with van der Waals surface area (Å²) >= 11 is 1.34. The summed E-state index contributed by atoms with van der Waals surface area (Å²) in [5, 5.41) is 3.71. The standard InChI is InChI=1S/C24H24N4O3S/c1-13-5-7-16(8-6-13)26-19(29)11-28-14(2)25-20-17-9-15-12-31-24(3,4)10-18(15)27-22(17)32-21(20)23(28)30/h5-9H,10-12H2,1-4H3,(H,26,29). The Morgan fingerprint density at radius 1 is 1.22 bits per heavy atom. The molecule has 0 unspecified atom stereocenters. The Morgan fingerprint density at radius 3 is 2.72 bits per heavy atom. The van der Waals surface area contributed by atoms with Crippen molar-refractivity contribution in [2.24, 2.45) is 0 Å². The zero-order chi connectivity index (χ0) is 22.6.